The molecule has 0 spiro atoms. The van der Waals surface area contributed by atoms with E-state index in [-0.39, 0.29) is 16.4 Å². The molecule has 0 radical (unpaired) electrons. The van der Waals surface area contributed by atoms with Crippen LogP contribution in [0.15, 0.2) is 30.7 Å². The molecule has 2 aromatic rings. The number of carbonyl (C=O) groups is 1. The van der Waals surface area contributed by atoms with Crippen LogP contribution in [0.4, 0.5) is 11.4 Å². The molecular weight excluding hydrogens is 275 g/mol. The fraction of sp³-hybridized carbons (Fsp3) is 0. The van der Waals surface area contributed by atoms with Gasteiger partial charge in [0, 0.05) is 6.20 Å². The first kappa shape index (κ1) is 12.6. The Morgan fingerprint density at radius 2 is 2.11 bits per heavy atom. The minimum atomic E-state index is -0.424. The Labute approximate surface area is 113 Å². The van der Waals surface area contributed by atoms with Gasteiger partial charge in [0.05, 0.1) is 34.4 Å². The third-order valence-electron chi connectivity index (χ3n) is 2.16. The molecule has 0 atom stereocenters. The van der Waals surface area contributed by atoms with E-state index < -0.39 is 5.91 Å². The zero-order valence-electron chi connectivity index (χ0n) is 9.02. The molecule has 0 saturated carbocycles. The van der Waals surface area contributed by atoms with E-state index in [1.54, 1.807) is 6.07 Å². The SMILES string of the molecule is Nc1cnc(Cl)cc1C(=O)Nc1cnccc1Cl. The molecular formula is C11H8Cl2N4O. The molecule has 5 nitrogen and oxygen atoms in total. The number of nitrogens with two attached hydrogens (primary N) is 1. The molecule has 1 amide bonds. The highest BCUT2D eigenvalue weighted by Crippen LogP contribution is 2.21. The lowest BCUT2D eigenvalue weighted by molar-refractivity contribution is 0.102. The first-order valence-corrected chi connectivity index (χ1v) is 5.65. The van der Waals surface area contributed by atoms with Crippen molar-refractivity contribution in [2.75, 3.05) is 11.1 Å². The van der Waals surface area contributed by atoms with E-state index in [1.165, 1.54) is 24.7 Å². The van der Waals surface area contributed by atoms with Crippen molar-refractivity contribution in [2.45, 2.75) is 0 Å². The molecule has 7 heteroatoms. The normalized spacial score (nSPS) is 10.1. The summed E-state index contributed by atoms with van der Waals surface area (Å²) in [7, 11) is 0. The molecule has 2 aromatic heterocycles. The second-order valence-electron chi connectivity index (χ2n) is 3.40. The summed E-state index contributed by atoms with van der Waals surface area (Å²) in [4.78, 5) is 19.6. The lowest BCUT2D eigenvalue weighted by Crippen LogP contribution is -2.14. The van der Waals surface area contributed by atoms with Gasteiger partial charge in [-0.3, -0.25) is 9.78 Å². The van der Waals surface area contributed by atoms with Gasteiger partial charge >= 0.3 is 0 Å². The van der Waals surface area contributed by atoms with Crippen LogP contribution in [0.5, 0.6) is 0 Å². The van der Waals surface area contributed by atoms with Gasteiger partial charge < -0.3 is 11.1 Å². The predicted octanol–water partition coefficient (Wildman–Crippen LogP) is 2.62. The summed E-state index contributed by atoms with van der Waals surface area (Å²) in [6.45, 7) is 0. The molecule has 0 aliphatic heterocycles. The molecule has 18 heavy (non-hydrogen) atoms. The first-order valence-electron chi connectivity index (χ1n) is 4.90. The van der Waals surface area contributed by atoms with Gasteiger partial charge in [0.1, 0.15) is 5.15 Å². The maximum atomic E-state index is 12.0. The summed E-state index contributed by atoms with van der Waals surface area (Å²) in [5.41, 5.74) is 6.52. The number of nitrogens with zero attached hydrogens (tertiary/aromatic N) is 2. The monoisotopic (exact) mass is 282 g/mol. The minimum Gasteiger partial charge on any atom is -0.397 e. The maximum absolute atomic E-state index is 12.0. The molecule has 0 fully saturated rings. The summed E-state index contributed by atoms with van der Waals surface area (Å²) in [6, 6.07) is 2.95. The van der Waals surface area contributed by atoms with Crippen molar-refractivity contribution in [3.63, 3.8) is 0 Å². The van der Waals surface area contributed by atoms with Gasteiger partial charge in [0.2, 0.25) is 0 Å². The number of hydrogen-bond donors (Lipinski definition) is 2. The number of pyridine rings is 2. The van der Waals surface area contributed by atoms with E-state index in [0.29, 0.717) is 10.7 Å². The van der Waals surface area contributed by atoms with E-state index in [1.807, 2.05) is 0 Å². The van der Waals surface area contributed by atoms with Crippen molar-refractivity contribution in [2.24, 2.45) is 0 Å². The number of rotatable bonds is 2. The van der Waals surface area contributed by atoms with Crippen LogP contribution >= 0.6 is 23.2 Å². The molecule has 0 bridgehead atoms. The first-order chi connectivity index (χ1) is 8.58. The summed E-state index contributed by atoms with van der Waals surface area (Å²) >= 11 is 11.6. The summed E-state index contributed by atoms with van der Waals surface area (Å²) in [5, 5.41) is 3.17. The van der Waals surface area contributed by atoms with E-state index in [2.05, 4.69) is 15.3 Å². The zero-order chi connectivity index (χ0) is 13.1. The minimum absolute atomic E-state index is 0.187. The molecule has 0 aliphatic carbocycles. The largest absolute Gasteiger partial charge is 0.397 e. The number of hydrogen-bond acceptors (Lipinski definition) is 4. The van der Waals surface area contributed by atoms with Crippen LogP contribution < -0.4 is 11.1 Å². The van der Waals surface area contributed by atoms with Crippen molar-refractivity contribution in [1.29, 1.82) is 0 Å². The number of anilines is 2. The highest BCUT2D eigenvalue weighted by atomic mass is 35.5. The second-order valence-corrected chi connectivity index (χ2v) is 4.20. The zero-order valence-corrected chi connectivity index (χ0v) is 10.5. The highest BCUT2D eigenvalue weighted by Gasteiger charge is 2.12. The number of nitrogen functional groups attached to an aromatic ring is 1. The van der Waals surface area contributed by atoms with Crippen LogP contribution in [0.1, 0.15) is 10.4 Å². The van der Waals surface area contributed by atoms with Crippen LogP contribution in [0.25, 0.3) is 0 Å². The van der Waals surface area contributed by atoms with Gasteiger partial charge in [-0.05, 0) is 12.1 Å². The van der Waals surface area contributed by atoms with Crippen molar-refractivity contribution in [3.05, 3.63) is 46.5 Å². The lowest BCUT2D eigenvalue weighted by atomic mass is 10.2. The number of carbonyl (C=O) groups excluding carboxylic acids is 1. The Morgan fingerprint density at radius 3 is 2.83 bits per heavy atom. The molecule has 0 aromatic carbocycles. The van der Waals surface area contributed by atoms with Crippen LogP contribution in [0.2, 0.25) is 10.2 Å². The predicted molar refractivity (Wildman–Crippen MR) is 70.9 cm³/mol. The molecule has 3 N–H and O–H groups in total. The van der Waals surface area contributed by atoms with E-state index in [9.17, 15) is 4.79 Å². The van der Waals surface area contributed by atoms with Gasteiger partial charge in [0.25, 0.3) is 5.91 Å². The maximum Gasteiger partial charge on any atom is 0.258 e. The average Bonchev–Trinajstić information content (AvgIpc) is 2.35. The second kappa shape index (κ2) is 5.20. The summed E-state index contributed by atoms with van der Waals surface area (Å²) in [5.74, 6) is -0.424. The van der Waals surface area contributed by atoms with Crippen LogP contribution in [-0.4, -0.2) is 15.9 Å². The van der Waals surface area contributed by atoms with Gasteiger partial charge in [-0.25, -0.2) is 4.98 Å². The Balaban J connectivity index is 2.28. The molecule has 2 rings (SSSR count). The van der Waals surface area contributed by atoms with E-state index in [0.717, 1.165) is 0 Å². The van der Waals surface area contributed by atoms with Gasteiger partial charge in [-0.1, -0.05) is 23.2 Å². The van der Waals surface area contributed by atoms with Crippen molar-refractivity contribution in [1.82, 2.24) is 9.97 Å². The quantitative estimate of drug-likeness (QED) is 0.830. The Bertz CT molecular complexity index is 603. The molecule has 0 unspecified atom stereocenters. The topological polar surface area (TPSA) is 80.9 Å². The van der Waals surface area contributed by atoms with Crippen LogP contribution in [0.3, 0.4) is 0 Å². The Morgan fingerprint density at radius 1 is 1.33 bits per heavy atom. The fourth-order valence-corrected chi connectivity index (χ4v) is 1.61. The average molecular weight is 283 g/mol. The third kappa shape index (κ3) is 2.69. The van der Waals surface area contributed by atoms with Crippen LogP contribution in [-0.2, 0) is 0 Å². The van der Waals surface area contributed by atoms with Crippen molar-refractivity contribution in [3.8, 4) is 0 Å². The summed E-state index contributed by atoms with van der Waals surface area (Å²) < 4.78 is 0. The highest BCUT2D eigenvalue weighted by molar-refractivity contribution is 6.34. The Kier molecular flexibility index (Phi) is 3.64. The van der Waals surface area contributed by atoms with E-state index >= 15 is 0 Å². The molecule has 92 valence electrons. The standard InChI is InChI=1S/C11H8Cl2N4O/c12-7-1-2-15-5-9(7)17-11(18)6-3-10(13)16-4-8(6)14/h1-5H,14H2,(H,17,18). The van der Waals surface area contributed by atoms with Crippen molar-refractivity contribution >= 4 is 40.5 Å². The number of halogens is 2. The number of nitrogens with one attached hydrogen (secondary N) is 1. The van der Waals surface area contributed by atoms with Gasteiger partial charge in [0.15, 0.2) is 0 Å². The van der Waals surface area contributed by atoms with Crippen molar-refractivity contribution < 1.29 is 4.79 Å². The van der Waals surface area contributed by atoms with E-state index in [4.69, 9.17) is 28.9 Å². The molecule has 0 saturated heterocycles. The smallest absolute Gasteiger partial charge is 0.258 e. The summed E-state index contributed by atoms with van der Waals surface area (Å²) in [6.07, 6.45) is 4.29. The molecule has 2 heterocycles. The Hall–Kier alpha value is -1.85. The van der Waals surface area contributed by atoms with Crippen LogP contribution in [0, 0.1) is 0 Å². The molecule has 0 aliphatic rings. The fourth-order valence-electron chi connectivity index (χ4n) is 1.30. The van der Waals surface area contributed by atoms with Gasteiger partial charge in [-0.15, -0.1) is 0 Å². The number of aromatic nitrogens is 2. The lowest BCUT2D eigenvalue weighted by Gasteiger charge is -2.08. The van der Waals surface area contributed by atoms with Gasteiger partial charge in [-0.2, -0.15) is 0 Å². The number of amides is 1. The third-order valence-corrected chi connectivity index (χ3v) is 2.70.